The fourth-order valence-corrected chi connectivity index (χ4v) is 9.08. The highest BCUT2D eigenvalue weighted by Gasteiger charge is 2.54. The highest BCUT2D eigenvalue weighted by atomic mass is 16.6. The van der Waals surface area contributed by atoms with Crippen molar-refractivity contribution < 1.29 is 33.4 Å². The Kier molecular flexibility index (Phi) is 14.5. The molecule has 2 saturated heterocycles. The van der Waals surface area contributed by atoms with Crippen LogP contribution < -0.4 is 10.6 Å². The van der Waals surface area contributed by atoms with Crippen molar-refractivity contribution in [2.24, 2.45) is 11.8 Å². The molecule has 1 aliphatic carbocycles. The Balaban J connectivity index is 1.35. The van der Waals surface area contributed by atoms with Gasteiger partial charge < -0.3 is 29.7 Å². The Morgan fingerprint density at radius 2 is 1.61 bits per heavy atom. The van der Waals surface area contributed by atoms with E-state index in [9.17, 15) is 14.4 Å². The second kappa shape index (κ2) is 19.3. The number of piperazine rings is 1. The summed E-state index contributed by atoms with van der Waals surface area (Å²) in [5.74, 6) is -1.86. The summed E-state index contributed by atoms with van der Waals surface area (Å²) in [7, 11) is 0. The molecule has 0 spiro atoms. The zero-order valence-electron chi connectivity index (χ0n) is 38.4. The number of carbonyl (C=O) groups excluding carboxylic acids is 4. The minimum atomic E-state index is -1.03. The van der Waals surface area contributed by atoms with Crippen molar-refractivity contribution in [2.45, 2.75) is 142 Å². The normalized spacial score (nSPS) is 21.7. The number of aromatic nitrogens is 1. The zero-order chi connectivity index (χ0) is 45.0. The predicted octanol–water partition coefficient (Wildman–Crippen LogP) is 6.45. The fourth-order valence-electron chi connectivity index (χ4n) is 9.08. The van der Waals surface area contributed by atoms with Crippen LogP contribution in [-0.2, 0) is 48.0 Å². The summed E-state index contributed by atoms with van der Waals surface area (Å²) >= 11 is 0. The molecule has 3 heterocycles. The molecule has 1 aromatic heterocycles. The van der Waals surface area contributed by atoms with Gasteiger partial charge in [-0.1, -0.05) is 74.5 Å². The third-order valence-electron chi connectivity index (χ3n) is 11.7. The van der Waals surface area contributed by atoms with Crippen molar-refractivity contribution in [3.8, 4) is 0 Å². The topological polar surface area (TPSA) is 143 Å². The van der Waals surface area contributed by atoms with Crippen LogP contribution in [0.1, 0.15) is 104 Å². The van der Waals surface area contributed by atoms with Gasteiger partial charge in [0.25, 0.3) is 0 Å². The van der Waals surface area contributed by atoms with E-state index in [2.05, 4.69) is 37.6 Å². The van der Waals surface area contributed by atoms with Gasteiger partial charge in [0.05, 0.1) is 12.1 Å². The SMILES string of the molecule is CC(C)[C@H](NC(=O)OC(C)(C)C)C(=O)O[C@@H](C[C@@H](Cc1ccccc1)C(=O)N1[C@H]2c3ccccc3C[C@H]2OC1(C)C)CN1CCN(Cc2cccnc2)C[C@H]1C(=O)NC(C)(C)C. The lowest BCUT2D eigenvalue weighted by Crippen LogP contribution is -2.62. The third kappa shape index (κ3) is 12.0. The van der Waals surface area contributed by atoms with Gasteiger partial charge in [-0.2, -0.15) is 0 Å². The lowest BCUT2D eigenvalue weighted by atomic mass is 9.90. The molecular weight excluding hydrogens is 785 g/mol. The maximum Gasteiger partial charge on any atom is 0.408 e. The lowest BCUT2D eigenvalue weighted by Gasteiger charge is -2.43. The standard InChI is InChI=1S/C49H68N6O7/c1-32(2)41(51-46(59)62-48(6,7)8)45(58)60-37(30-54-24-23-53(29-34-19-16-22-50-28-34)31-39(54)43(56)52-47(3,4)5)26-36(25-33-17-12-11-13-18-33)44(57)55-42-38-21-15-14-20-35(38)27-40(42)61-49(55,9)10/h11-22,28,32,36-37,39-42H,23-27,29-31H2,1-10H3,(H,51,59)(H,52,56)/t36-,37+,39+,40-,41+,42+/m1/s1. The Bertz CT molecular complexity index is 2010. The van der Waals surface area contributed by atoms with Gasteiger partial charge in [-0.25, -0.2) is 9.59 Å². The van der Waals surface area contributed by atoms with E-state index >= 15 is 4.79 Å². The van der Waals surface area contributed by atoms with Gasteiger partial charge in [-0.3, -0.25) is 24.4 Å². The van der Waals surface area contributed by atoms with E-state index in [0.29, 0.717) is 39.0 Å². The zero-order valence-corrected chi connectivity index (χ0v) is 38.4. The van der Waals surface area contributed by atoms with E-state index in [4.69, 9.17) is 14.2 Å². The first kappa shape index (κ1) is 46.6. The van der Waals surface area contributed by atoms with Crippen molar-refractivity contribution >= 4 is 23.9 Å². The Morgan fingerprint density at radius 3 is 2.27 bits per heavy atom. The molecule has 2 fully saturated rings. The molecule has 13 heteroatoms. The molecule has 13 nitrogen and oxygen atoms in total. The Hall–Kier alpha value is -4.85. The van der Waals surface area contributed by atoms with Crippen molar-refractivity contribution in [2.75, 3.05) is 26.2 Å². The number of alkyl carbamates (subject to hydrolysis) is 1. The molecule has 3 amide bonds. The van der Waals surface area contributed by atoms with E-state index in [0.717, 1.165) is 16.7 Å². The van der Waals surface area contributed by atoms with Crippen LogP contribution in [0.2, 0.25) is 0 Å². The number of hydrogen-bond acceptors (Lipinski definition) is 10. The first-order valence-corrected chi connectivity index (χ1v) is 22.2. The van der Waals surface area contributed by atoms with E-state index < -0.39 is 53.0 Å². The molecule has 336 valence electrons. The van der Waals surface area contributed by atoms with E-state index in [1.165, 1.54) is 5.56 Å². The number of ether oxygens (including phenoxy) is 3. The minimum Gasteiger partial charge on any atom is -0.459 e. The number of hydrogen-bond donors (Lipinski definition) is 2. The van der Waals surface area contributed by atoms with Crippen molar-refractivity contribution in [1.82, 2.24) is 30.3 Å². The predicted molar refractivity (Wildman–Crippen MR) is 238 cm³/mol. The molecule has 0 saturated carbocycles. The maximum absolute atomic E-state index is 15.4. The summed E-state index contributed by atoms with van der Waals surface area (Å²) in [6.07, 6.45) is 3.07. The van der Waals surface area contributed by atoms with Gasteiger partial charge in [0, 0.05) is 63.0 Å². The molecule has 62 heavy (non-hydrogen) atoms. The molecule has 2 N–H and O–H groups in total. The number of nitrogens with zero attached hydrogens (tertiary/aromatic N) is 4. The number of rotatable bonds is 14. The van der Waals surface area contributed by atoms with Crippen LogP contribution in [0.4, 0.5) is 4.79 Å². The molecule has 6 rings (SSSR count). The highest BCUT2D eigenvalue weighted by Crippen LogP contribution is 2.49. The number of fused-ring (bicyclic) bond motifs is 3. The smallest absolute Gasteiger partial charge is 0.408 e. The van der Waals surface area contributed by atoms with Crippen molar-refractivity contribution in [1.29, 1.82) is 0 Å². The summed E-state index contributed by atoms with van der Waals surface area (Å²) in [6.45, 7) is 21.1. The molecule has 3 aliphatic rings. The lowest BCUT2D eigenvalue weighted by molar-refractivity contribution is -0.161. The molecule has 0 radical (unpaired) electrons. The number of nitrogens with one attached hydrogen (secondary N) is 2. The van der Waals surface area contributed by atoms with Crippen LogP contribution in [0.5, 0.6) is 0 Å². The van der Waals surface area contributed by atoms with Gasteiger partial charge in [0.15, 0.2) is 0 Å². The third-order valence-corrected chi connectivity index (χ3v) is 11.7. The summed E-state index contributed by atoms with van der Waals surface area (Å²) in [5, 5.41) is 5.95. The molecule has 6 atom stereocenters. The molecule has 0 unspecified atom stereocenters. The summed E-state index contributed by atoms with van der Waals surface area (Å²) in [4.78, 5) is 67.7. The molecular formula is C49H68N6O7. The van der Waals surface area contributed by atoms with Gasteiger partial charge in [-0.15, -0.1) is 0 Å². The number of benzene rings is 2. The monoisotopic (exact) mass is 853 g/mol. The van der Waals surface area contributed by atoms with Crippen LogP contribution in [0.3, 0.4) is 0 Å². The maximum atomic E-state index is 15.4. The molecule has 3 aromatic rings. The van der Waals surface area contributed by atoms with Gasteiger partial charge in [0.1, 0.15) is 29.5 Å². The first-order chi connectivity index (χ1) is 29.2. The highest BCUT2D eigenvalue weighted by molar-refractivity contribution is 5.84. The van der Waals surface area contributed by atoms with E-state index in [1.807, 2.05) is 114 Å². The van der Waals surface area contributed by atoms with Gasteiger partial charge >= 0.3 is 12.1 Å². The second-order valence-corrected chi connectivity index (χ2v) is 20.1. The number of carbonyl (C=O) groups is 4. The molecule has 2 aliphatic heterocycles. The summed E-state index contributed by atoms with van der Waals surface area (Å²) < 4.78 is 18.7. The van der Waals surface area contributed by atoms with Crippen molar-refractivity contribution in [3.05, 3.63) is 101 Å². The fraction of sp³-hybridized carbons (Fsp3) is 0.571. The minimum absolute atomic E-state index is 0.0975. The van der Waals surface area contributed by atoms with E-state index in [-0.39, 0.29) is 42.8 Å². The Morgan fingerprint density at radius 1 is 0.919 bits per heavy atom. The summed E-state index contributed by atoms with van der Waals surface area (Å²) in [5.41, 5.74) is 2.09. The van der Waals surface area contributed by atoms with Crippen LogP contribution >= 0.6 is 0 Å². The number of pyridine rings is 1. The van der Waals surface area contributed by atoms with Crippen LogP contribution in [0.15, 0.2) is 79.1 Å². The largest absolute Gasteiger partial charge is 0.459 e. The molecule has 0 bridgehead atoms. The Labute approximate surface area is 368 Å². The van der Waals surface area contributed by atoms with Crippen LogP contribution in [0, 0.1) is 11.8 Å². The average Bonchev–Trinajstić information content (AvgIpc) is 3.66. The quantitative estimate of drug-likeness (QED) is 0.174. The number of amides is 3. The summed E-state index contributed by atoms with van der Waals surface area (Å²) in [6, 6.07) is 20.1. The van der Waals surface area contributed by atoms with Crippen LogP contribution in [-0.4, -0.2) is 111 Å². The number of esters is 1. The van der Waals surface area contributed by atoms with Gasteiger partial charge in [0.2, 0.25) is 11.8 Å². The van der Waals surface area contributed by atoms with E-state index in [1.54, 1.807) is 27.0 Å². The average molecular weight is 853 g/mol. The van der Waals surface area contributed by atoms with Gasteiger partial charge in [-0.05, 0) is 102 Å². The molecule has 2 aromatic carbocycles. The van der Waals surface area contributed by atoms with Crippen LogP contribution in [0.25, 0.3) is 0 Å². The second-order valence-electron chi connectivity index (χ2n) is 20.1. The van der Waals surface area contributed by atoms with Crippen molar-refractivity contribution in [3.63, 3.8) is 0 Å². The first-order valence-electron chi connectivity index (χ1n) is 22.2.